The number of imidazole rings is 1. The molecule has 19 heavy (non-hydrogen) atoms. The van der Waals surface area contributed by atoms with Gasteiger partial charge in [-0.3, -0.25) is 10.1 Å². The lowest BCUT2D eigenvalue weighted by Gasteiger charge is -2.06. The molecule has 0 saturated heterocycles. The maximum absolute atomic E-state index is 10.6. The molecule has 0 saturated carbocycles. The topological polar surface area (TPSA) is 96.7 Å². The third-order valence-electron chi connectivity index (χ3n) is 2.48. The zero-order chi connectivity index (χ0) is 13.7. The van der Waals surface area contributed by atoms with Crippen LogP contribution in [-0.2, 0) is 6.42 Å². The highest BCUT2D eigenvalue weighted by Crippen LogP contribution is 2.24. The molecule has 7 nitrogen and oxygen atoms in total. The zero-order valence-corrected chi connectivity index (χ0v) is 11.6. The first-order valence-electron chi connectivity index (χ1n) is 5.69. The fraction of sp³-hybridized carbons (Fsp3) is 0.273. The molecule has 0 amide bonds. The Morgan fingerprint density at radius 2 is 2.32 bits per heavy atom. The number of nitro groups is 1. The molecule has 0 radical (unpaired) electrons. The molecule has 2 aromatic heterocycles. The largest absolute Gasteiger partial charge is 0.369 e. The van der Waals surface area contributed by atoms with Crippen molar-refractivity contribution in [3.63, 3.8) is 0 Å². The number of halogens is 1. The number of hydrogen-bond acceptors (Lipinski definition) is 5. The van der Waals surface area contributed by atoms with Crippen LogP contribution in [0.25, 0.3) is 0 Å². The molecule has 0 spiro atoms. The van der Waals surface area contributed by atoms with Gasteiger partial charge in [-0.15, -0.1) is 0 Å². The minimum Gasteiger partial charge on any atom is -0.369 e. The van der Waals surface area contributed by atoms with Gasteiger partial charge in [-0.2, -0.15) is 0 Å². The summed E-state index contributed by atoms with van der Waals surface area (Å²) in [6.07, 6.45) is 6.47. The lowest BCUT2D eigenvalue weighted by molar-refractivity contribution is -0.385. The maximum atomic E-state index is 10.6. The highest BCUT2D eigenvalue weighted by Gasteiger charge is 2.09. The van der Waals surface area contributed by atoms with Crippen molar-refractivity contribution < 1.29 is 4.92 Å². The van der Waals surface area contributed by atoms with Gasteiger partial charge in [-0.25, -0.2) is 9.97 Å². The van der Waals surface area contributed by atoms with E-state index in [0.29, 0.717) is 16.8 Å². The fourth-order valence-corrected chi connectivity index (χ4v) is 2.03. The Balaban J connectivity index is 1.84. The van der Waals surface area contributed by atoms with Crippen molar-refractivity contribution in [1.29, 1.82) is 0 Å². The minimum absolute atomic E-state index is 0.0342. The van der Waals surface area contributed by atoms with Gasteiger partial charge in [0.1, 0.15) is 17.8 Å². The molecular formula is C11H12BrN5O2. The smallest absolute Gasteiger partial charge is 0.288 e. The van der Waals surface area contributed by atoms with Crippen molar-refractivity contribution in [3.05, 3.63) is 45.1 Å². The number of H-pyrrole nitrogens is 1. The first kappa shape index (κ1) is 13.5. The van der Waals surface area contributed by atoms with Crippen molar-refractivity contribution in [2.75, 3.05) is 11.9 Å². The Morgan fingerprint density at radius 1 is 1.47 bits per heavy atom. The fourth-order valence-electron chi connectivity index (χ4n) is 1.56. The first-order chi connectivity index (χ1) is 9.16. The number of aromatic amines is 1. The number of hydrogen-bond donors (Lipinski definition) is 2. The van der Waals surface area contributed by atoms with Gasteiger partial charge in [-0.05, 0) is 22.4 Å². The summed E-state index contributed by atoms with van der Waals surface area (Å²) in [5, 5.41) is 13.7. The van der Waals surface area contributed by atoms with Crippen LogP contribution in [0, 0.1) is 10.1 Å². The van der Waals surface area contributed by atoms with E-state index < -0.39 is 4.92 Å². The van der Waals surface area contributed by atoms with Crippen LogP contribution in [0.15, 0.2) is 29.1 Å². The van der Waals surface area contributed by atoms with Crippen molar-refractivity contribution in [2.45, 2.75) is 12.8 Å². The molecule has 2 N–H and O–H groups in total. The summed E-state index contributed by atoms with van der Waals surface area (Å²) in [4.78, 5) is 21.3. The number of anilines is 1. The Hall–Kier alpha value is -1.96. The van der Waals surface area contributed by atoms with E-state index >= 15 is 0 Å². The summed E-state index contributed by atoms with van der Waals surface area (Å²) in [6.45, 7) is 0.712. The van der Waals surface area contributed by atoms with Crippen molar-refractivity contribution >= 4 is 27.4 Å². The molecule has 0 bridgehead atoms. The van der Waals surface area contributed by atoms with Crippen molar-refractivity contribution in [2.24, 2.45) is 0 Å². The normalized spacial score (nSPS) is 10.4. The van der Waals surface area contributed by atoms with Crippen LogP contribution in [0.3, 0.4) is 0 Å². The zero-order valence-electron chi connectivity index (χ0n) is 9.97. The van der Waals surface area contributed by atoms with Crippen LogP contribution >= 0.6 is 15.9 Å². The highest BCUT2D eigenvalue weighted by atomic mass is 79.9. The lowest BCUT2D eigenvalue weighted by atomic mass is 10.3. The van der Waals surface area contributed by atoms with E-state index in [9.17, 15) is 10.1 Å². The summed E-state index contributed by atoms with van der Waals surface area (Å²) in [6, 6.07) is 1.43. The van der Waals surface area contributed by atoms with Crippen LogP contribution in [0.5, 0.6) is 0 Å². The average molecular weight is 326 g/mol. The number of pyridine rings is 1. The summed E-state index contributed by atoms with van der Waals surface area (Å²) >= 11 is 3.26. The predicted molar refractivity (Wildman–Crippen MR) is 74.0 cm³/mol. The Kier molecular flexibility index (Phi) is 4.45. The molecular weight excluding hydrogens is 314 g/mol. The second kappa shape index (κ2) is 6.28. The molecule has 0 atom stereocenters. The molecule has 0 fully saturated rings. The quantitative estimate of drug-likeness (QED) is 0.483. The number of rotatable bonds is 6. The van der Waals surface area contributed by atoms with Crippen molar-refractivity contribution in [1.82, 2.24) is 15.0 Å². The molecule has 2 heterocycles. The monoisotopic (exact) mass is 325 g/mol. The number of nitrogens with one attached hydrogen (secondary N) is 2. The van der Waals surface area contributed by atoms with E-state index in [2.05, 4.69) is 36.2 Å². The summed E-state index contributed by atoms with van der Waals surface area (Å²) < 4.78 is 0.583. The molecule has 2 rings (SSSR count). The summed E-state index contributed by atoms with van der Waals surface area (Å²) in [7, 11) is 0. The van der Waals surface area contributed by atoms with Gasteiger partial charge >= 0.3 is 0 Å². The van der Waals surface area contributed by atoms with Crippen LogP contribution in [-0.4, -0.2) is 26.4 Å². The summed E-state index contributed by atoms with van der Waals surface area (Å²) in [5.74, 6) is 1.54. The van der Waals surface area contributed by atoms with Gasteiger partial charge < -0.3 is 10.3 Å². The van der Waals surface area contributed by atoms with Crippen molar-refractivity contribution in [3.8, 4) is 0 Å². The van der Waals surface area contributed by atoms with Gasteiger partial charge in [0.2, 0.25) is 0 Å². The molecule has 2 aromatic rings. The molecule has 0 aromatic carbocycles. The van der Waals surface area contributed by atoms with Gasteiger partial charge in [0, 0.05) is 31.4 Å². The Morgan fingerprint density at radius 3 is 2.95 bits per heavy atom. The van der Waals surface area contributed by atoms with E-state index in [-0.39, 0.29) is 5.69 Å². The second-order valence-corrected chi connectivity index (χ2v) is 4.70. The molecule has 0 unspecified atom stereocenters. The highest BCUT2D eigenvalue weighted by molar-refractivity contribution is 9.10. The molecule has 8 heteroatoms. The molecule has 0 aliphatic heterocycles. The first-order valence-corrected chi connectivity index (χ1v) is 6.48. The van der Waals surface area contributed by atoms with Gasteiger partial charge in [0.15, 0.2) is 0 Å². The molecule has 0 aliphatic carbocycles. The second-order valence-electron chi connectivity index (χ2n) is 3.85. The number of aryl methyl sites for hydroxylation is 1. The SMILES string of the molecule is O=[N+]([O-])c1cnc(NCCCc2ncc[nH]2)c(Br)c1. The standard InChI is InChI=1S/C11H12BrN5O2/c12-9-6-8(17(18)19)7-16-11(9)15-3-1-2-10-13-4-5-14-10/h4-7H,1-3H2,(H,13,14)(H,15,16). The molecule has 100 valence electrons. The van der Waals surface area contributed by atoms with Gasteiger partial charge in [0.05, 0.1) is 9.40 Å². The van der Waals surface area contributed by atoms with Crippen LogP contribution in [0.1, 0.15) is 12.2 Å². The number of nitrogens with zero attached hydrogens (tertiary/aromatic N) is 3. The average Bonchev–Trinajstić information content (AvgIpc) is 2.89. The molecule has 0 aliphatic rings. The number of aromatic nitrogens is 3. The third-order valence-corrected chi connectivity index (χ3v) is 3.08. The van der Waals surface area contributed by atoms with Gasteiger partial charge in [-0.1, -0.05) is 0 Å². The van der Waals surface area contributed by atoms with E-state index in [1.165, 1.54) is 12.3 Å². The van der Waals surface area contributed by atoms with E-state index in [1.807, 2.05) is 0 Å². The Labute approximate surface area is 117 Å². The lowest BCUT2D eigenvalue weighted by Crippen LogP contribution is -2.06. The van der Waals surface area contributed by atoms with E-state index in [1.54, 1.807) is 12.4 Å². The third kappa shape index (κ3) is 3.75. The Bertz CT molecular complexity index is 558. The van der Waals surface area contributed by atoms with E-state index in [0.717, 1.165) is 18.7 Å². The summed E-state index contributed by atoms with van der Waals surface area (Å²) in [5.41, 5.74) is -0.0342. The van der Waals surface area contributed by atoms with Gasteiger partial charge in [0.25, 0.3) is 5.69 Å². The van der Waals surface area contributed by atoms with Crippen LogP contribution in [0.4, 0.5) is 11.5 Å². The minimum atomic E-state index is -0.474. The van der Waals surface area contributed by atoms with Crippen LogP contribution in [0.2, 0.25) is 0 Å². The predicted octanol–water partition coefficient (Wildman–Crippen LogP) is 2.52. The maximum Gasteiger partial charge on any atom is 0.288 e. The van der Waals surface area contributed by atoms with E-state index in [4.69, 9.17) is 0 Å². The van der Waals surface area contributed by atoms with Crippen LogP contribution < -0.4 is 5.32 Å².